The van der Waals surface area contributed by atoms with Crippen molar-refractivity contribution >= 4 is 65.0 Å². The lowest BCUT2D eigenvalue weighted by Gasteiger charge is -2.13. The Morgan fingerprint density at radius 3 is 1.56 bits per heavy atom. The molecule has 0 fully saturated rings. The Hall–Kier alpha value is -6.45. The number of benzene rings is 7. The van der Waals surface area contributed by atoms with Crippen LogP contribution in [0.2, 0.25) is 0 Å². The summed E-state index contributed by atoms with van der Waals surface area (Å²) in [7, 11) is 0. The van der Waals surface area contributed by atoms with Crippen LogP contribution in [-0.4, -0.2) is 15.0 Å². The van der Waals surface area contributed by atoms with E-state index in [9.17, 15) is 0 Å². The van der Waals surface area contributed by atoms with Gasteiger partial charge in [0.2, 0.25) is 0 Å². The van der Waals surface area contributed by atoms with Gasteiger partial charge >= 0.3 is 0 Å². The molecule has 0 spiro atoms. The van der Waals surface area contributed by atoms with E-state index in [2.05, 4.69) is 145 Å². The number of aromatic nitrogens is 3. The van der Waals surface area contributed by atoms with Crippen LogP contribution in [0.25, 0.3) is 98.7 Å². The summed E-state index contributed by atoms with van der Waals surface area (Å²) in [6.45, 7) is 0. The zero-order valence-electron chi connectivity index (χ0n) is 25.9. The largest absolute Gasteiger partial charge is 0.256 e. The Morgan fingerprint density at radius 1 is 0.312 bits per heavy atom. The third-order valence-electron chi connectivity index (χ3n) is 9.64. The first-order chi connectivity index (χ1) is 23.8. The first-order valence-electron chi connectivity index (χ1n) is 16.3. The summed E-state index contributed by atoms with van der Waals surface area (Å²) in [6.07, 6.45) is 1.91. The quantitative estimate of drug-likeness (QED) is 0.187. The van der Waals surface area contributed by atoms with Crippen LogP contribution in [0, 0.1) is 0 Å². The fourth-order valence-corrected chi connectivity index (χ4v) is 7.25. The van der Waals surface area contributed by atoms with Crippen molar-refractivity contribution in [3.8, 4) is 33.6 Å². The molecule has 0 bridgehead atoms. The molecule has 3 heteroatoms. The molecule has 3 aromatic heterocycles. The number of rotatable bonds is 3. The van der Waals surface area contributed by atoms with Crippen LogP contribution < -0.4 is 0 Å². The Balaban J connectivity index is 1.09. The van der Waals surface area contributed by atoms with Gasteiger partial charge in [-0.3, -0.25) is 4.98 Å². The molecule has 0 N–H and O–H groups in total. The van der Waals surface area contributed by atoms with E-state index >= 15 is 0 Å². The average Bonchev–Trinajstić information content (AvgIpc) is 3.17. The maximum atomic E-state index is 5.24. The zero-order chi connectivity index (χ0) is 31.6. The molecular weight excluding hydrogens is 583 g/mol. The number of hydrogen-bond donors (Lipinski definition) is 0. The fraction of sp³-hybridized carbons (Fsp3) is 0. The molecular formula is C45H27N3. The Bertz CT molecular complexity index is 2870. The number of pyridine rings is 3. The molecule has 0 unspecified atom stereocenters. The van der Waals surface area contributed by atoms with Gasteiger partial charge in [-0.2, -0.15) is 0 Å². The van der Waals surface area contributed by atoms with Crippen LogP contribution in [0.1, 0.15) is 0 Å². The topological polar surface area (TPSA) is 38.7 Å². The molecule has 0 saturated carbocycles. The first-order valence-corrected chi connectivity index (χ1v) is 16.3. The van der Waals surface area contributed by atoms with Crippen molar-refractivity contribution in [2.24, 2.45) is 0 Å². The standard InChI is InChI=1S/C45H27N3/c1-6-15-41-32(8-1)25-34(27-46-41)43-23-20-29-17-16-28-19-22-42(47-44(28)45(29)48-43)33-10-7-9-30(24-33)31-18-21-39-37-13-3-2-11-35(37)36-12-4-5-14-38(36)40(39)26-31/h1-27H. The van der Waals surface area contributed by atoms with Crippen LogP contribution >= 0.6 is 0 Å². The molecule has 3 heterocycles. The first kappa shape index (κ1) is 26.7. The lowest BCUT2D eigenvalue weighted by molar-refractivity contribution is 1.34. The predicted molar refractivity (Wildman–Crippen MR) is 201 cm³/mol. The second-order valence-corrected chi connectivity index (χ2v) is 12.5. The van der Waals surface area contributed by atoms with Gasteiger partial charge in [0.15, 0.2) is 0 Å². The molecule has 0 atom stereocenters. The molecule has 0 aliphatic rings. The molecule has 0 saturated heterocycles. The second kappa shape index (κ2) is 10.5. The van der Waals surface area contributed by atoms with Crippen LogP contribution in [0.3, 0.4) is 0 Å². The highest BCUT2D eigenvalue weighted by Crippen LogP contribution is 2.38. The van der Waals surface area contributed by atoms with Crippen molar-refractivity contribution in [1.29, 1.82) is 0 Å². The molecule has 48 heavy (non-hydrogen) atoms. The summed E-state index contributed by atoms with van der Waals surface area (Å²) in [6, 6.07) is 56.1. The SMILES string of the molecule is c1cc(-c2ccc3c4ccccc4c4ccccc4c3c2)cc(-c2ccc3ccc4ccc(-c5cnc6ccccc6c5)nc4c3n2)c1. The van der Waals surface area contributed by atoms with Crippen molar-refractivity contribution in [3.05, 3.63) is 164 Å². The van der Waals surface area contributed by atoms with E-state index in [1.165, 1.54) is 37.9 Å². The van der Waals surface area contributed by atoms with E-state index in [4.69, 9.17) is 9.97 Å². The Kier molecular flexibility index (Phi) is 5.87. The lowest BCUT2D eigenvalue weighted by atomic mass is 9.91. The van der Waals surface area contributed by atoms with E-state index < -0.39 is 0 Å². The molecule has 10 rings (SSSR count). The Morgan fingerprint density at radius 2 is 0.854 bits per heavy atom. The van der Waals surface area contributed by atoms with Crippen LogP contribution in [-0.2, 0) is 0 Å². The third kappa shape index (κ3) is 4.25. The third-order valence-corrected chi connectivity index (χ3v) is 9.64. The summed E-state index contributed by atoms with van der Waals surface area (Å²) in [5.41, 5.74) is 9.00. The average molecular weight is 610 g/mol. The maximum Gasteiger partial charge on any atom is 0.0972 e. The summed E-state index contributed by atoms with van der Waals surface area (Å²) in [4.78, 5) is 15.1. The molecule has 10 aromatic rings. The molecule has 0 amide bonds. The van der Waals surface area contributed by atoms with E-state index in [-0.39, 0.29) is 0 Å². The van der Waals surface area contributed by atoms with Gasteiger partial charge in [-0.1, -0.05) is 121 Å². The minimum Gasteiger partial charge on any atom is -0.256 e. The summed E-state index contributed by atoms with van der Waals surface area (Å²) < 4.78 is 0. The number of nitrogens with zero attached hydrogens (tertiary/aromatic N) is 3. The highest BCUT2D eigenvalue weighted by molar-refractivity contribution is 6.25. The van der Waals surface area contributed by atoms with E-state index in [0.29, 0.717) is 0 Å². The van der Waals surface area contributed by atoms with E-state index in [1.54, 1.807) is 0 Å². The van der Waals surface area contributed by atoms with Gasteiger partial charge in [0, 0.05) is 33.5 Å². The maximum absolute atomic E-state index is 5.24. The van der Waals surface area contributed by atoms with Gasteiger partial charge in [-0.05, 0) is 79.8 Å². The summed E-state index contributed by atoms with van der Waals surface area (Å²) in [5, 5.41) is 10.9. The van der Waals surface area contributed by atoms with Crippen molar-refractivity contribution in [2.45, 2.75) is 0 Å². The monoisotopic (exact) mass is 609 g/mol. The van der Waals surface area contributed by atoms with Gasteiger partial charge in [0.1, 0.15) is 0 Å². The van der Waals surface area contributed by atoms with Crippen LogP contribution in [0.4, 0.5) is 0 Å². The van der Waals surface area contributed by atoms with Crippen LogP contribution in [0.5, 0.6) is 0 Å². The predicted octanol–water partition coefficient (Wildman–Crippen LogP) is 11.8. The summed E-state index contributed by atoms with van der Waals surface area (Å²) in [5.74, 6) is 0. The molecule has 0 radical (unpaired) electrons. The highest BCUT2D eigenvalue weighted by atomic mass is 14.8. The van der Waals surface area contributed by atoms with Crippen molar-refractivity contribution in [1.82, 2.24) is 15.0 Å². The molecule has 7 aromatic carbocycles. The van der Waals surface area contributed by atoms with Gasteiger partial charge in [-0.15, -0.1) is 0 Å². The normalized spacial score (nSPS) is 11.8. The molecule has 3 nitrogen and oxygen atoms in total. The van der Waals surface area contributed by atoms with Gasteiger partial charge in [0.25, 0.3) is 0 Å². The second-order valence-electron chi connectivity index (χ2n) is 12.5. The Labute approximate surface area is 276 Å². The highest BCUT2D eigenvalue weighted by Gasteiger charge is 2.12. The van der Waals surface area contributed by atoms with Crippen molar-refractivity contribution < 1.29 is 0 Å². The van der Waals surface area contributed by atoms with Crippen molar-refractivity contribution in [2.75, 3.05) is 0 Å². The van der Waals surface area contributed by atoms with Gasteiger partial charge in [0.05, 0.1) is 27.9 Å². The number of para-hydroxylation sites is 1. The smallest absolute Gasteiger partial charge is 0.0972 e. The van der Waals surface area contributed by atoms with Gasteiger partial charge in [-0.25, -0.2) is 9.97 Å². The number of hydrogen-bond acceptors (Lipinski definition) is 3. The minimum absolute atomic E-state index is 0.888. The molecule has 0 aliphatic heterocycles. The number of fused-ring (bicyclic) bond motifs is 10. The zero-order valence-corrected chi connectivity index (χ0v) is 25.9. The molecule has 222 valence electrons. The van der Waals surface area contributed by atoms with E-state index in [0.717, 1.165) is 60.8 Å². The minimum atomic E-state index is 0.888. The van der Waals surface area contributed by atoms with Gasteiger partial charge < -0.3 is 0 Å². The summed E-state index contributed by atoms with van der Waals surface area (Å²) >= 11 is 0. The lowest BCUT2D eigenvalue weighted by Crippen LogP contribution is -1.92. The van der Waals surface area contributed by atoms with E-state index in [1.807, 2.05) is 24.4 Å². The fourth-order valence-electron chi connectivity index (χ4n) is 7.25. The van der Waals surface area contributed by atoms with Crippen molar-refractivity contribution in [3.63, 3.8) is 0 Å². The van der Waals surface area contributed by atoms with Crippen LogP contribution in [0.15, 0.2) is 164 Å². The molecule has 0 aliphatic carbocycles.